The van der Waals surface area contributed by atoms with E-state index < -0.39 is 40.2 Å². The van der Waals surface area contributed by atoms with Crippen LogP contribution in [0.15, 0.2) is 65.6 Å². The van der Waals surface area contributed by atoms with E-state index in [1.165, 1.54) is 87.9 Å². The molecule has 2 atom stereocenters. The molecule has 45 heavy (non-hydrogen) atoms. The molecule has 244 valence electrons. The van der Waals surface area contributed by atoms with Crippen LogP contribution in [-0.4, -0.2) is 72.2 Å². The number of nitrogens with one attached hydrogen (secondary N) is 1. The van der Waals surface area contributed by atoms with Crippen molar-refractivity contribution in [3.8, 4) is 23.0 Å². The minimum absolute atomic E-state index is 0.0263. The largest absolute Gasteiger partial charge is 0.497 e. The van der Waals surface area contributed by atoms with Crippen molar-refractivity contribution in [3.05, 3.63) is 72.0 Å². The van der Waals surface area contributed by atoms with Gasteiger partial charge in [-0.3, -0.25) is 13.9 Å². The van der Waals surface area contributed by atoms with Gasteiger partial charge in [0.15, 0.2) is 11.5 Å². The minimum Gasteiger partial charge on any atom is -0.497 e. The Labute approximate surface area is 263 Å². The molecular formula is C32H40FN3O8S. The molecule has 0 radical (unpaired) electrons. The van der Waals surface area contributed by atoms with E-state index in [1.54, 1.807) is 13.0 Å². The molecule has 3 aromatic rings. The zero-order chi connectivity index (χ0) is 33.3. The van der Waals surface area contributed by atoms with Crippen LogP contribution >= 0.6 is 0 Å². The molecular weight excluding hydrogens is 605 g/mol. The van der Waals surface area contributed by atoms with Crippen LogP contribution in [-0.2, 0) is 26.2 Å². The van der Waals surface area contributed by atoms with E-state index in [9.17, 15) is 22.4 Å². The number of sulfonamides is 1. The number of ether oxygens (including phenoxy) is 4. The van der Waals surface area contributed by atoms with E-state index >= 15 is 0 Å². The van der Waals surface area contributed by atoms with Crippen molar-refractivity contribution in [3.63, 3.8) is 0 Å². The van der Waals surface area contributed by atoms with Crippen LogP contribution in [0.4, 0.5) is 10.1 Å². The molecule has 2 amide bonds. The molecule has 0 unspecified atom stereocenters. The smallest absolute Gasteiger partial charge is 0.265 e. The van der Waals surface area contributed by atoms with Gasteiger partial charge in [-0.2, -0.15) is 0 Å². The van der Waals surface area contributed by atoms with Crippen molar-refractivity contribution in [1.29, 1.82) is 0 Å². The van der Waals surface area contributed by atoms with Crippen molar-refractivity contribution >= 4 is 27.5 Å². The first-order chi connectivity index (χ1) is 21.4. The maximum absolute atomic E-state index is 14.4. The highest BCUT2D eigenvalue weighted by molar-refractivity contribution is 7.92. The second-order valence-corrected chi connectivity index (χ2v) is 12.1. The molecule has 0 fully saturated rings. The lowest BCUT2D eigenvalue weighted by molar-refractivity contribution is -0.139. The predicted molar refractivity (Wildman–Crippen MR) is 168 cm³/mol. The zero-order valence-corrected chi connectivity index (χ0v) is 27.3. The van der Waals surface area contributed by atoms with Gasteiger partial charge in [-0.1, -0.05) is 19.1 Å². The maximum Gasteiger partial charge on any atom is 0.265 e. The summed E-state index contributed by atoms with van der Waals surface area (Å²) < 4.78 is 64.7. The van der Waals surface area contributed by atoms with Gasteiger partial charge in [0.1, 0.15) is 29.9 Å². The third kappa shape index (κ3) is 8.35. The number of hydrogen-bond acceptors (Lipinski definition) is 8. The number of carbonyl (C=O) groups is 2. The fraction of sp³-hybridized carbons (Fsp3) is 0.375. The number of halogens is 1. The molecule has 0 saturated heterocycles. The molecule has 11 nitrogen and oxygen atoms in total. The standard InChI is InChI=1S/C32H40FN3O8S/c1-8-21(2)34-32(38)22(3)35(19-23-9-11-24(33)12-10-23)31(37)20-36(27-17-25(41-4)13-15-28(27)42-5)45(39,40)26-14-16-29(43-6)30(18-26)44-7/h9-18,21-22H,8,19-20H2,1-7H3,(H,34,38)/t21-,22+/m0/s1. The Hall–Kier alpha value is -4.52. The topological polar surface area (TPSA) is 124 Å². The van der Waals surface area contributed by atoms with E-state index in [0.29, 0.717) is 23.5 Å². The summed E-state index contributed by atoms with van der Waals surface area (Å²) in [6.45, 7) is 4.49. The van der Waals surface area contributed by atoms with E-state index in [-0.39, 0.29) is 34.7 Å². The van der Waals surface area contributed by atoms with Gasteiger partial charge in [0.2, 0.25) is 11.8 Å². The van der Waals surface area contributed by atoms with Crippen LogP contribution in [0.25, 0.3) is 0 Å². The summed E-state index contributed by atoms with van der Waals surface area (Å²) >= 11 is 0. The summed E-state index contributed by atoms with van der Waals surface area (Å²) in [7, 11) is 1.11. The number of hydrogen-bond donors (Lipinski definition) is 1. The van der Waals surface area contributed by atoms with Crippen LogP contribution in [0.3, 0.4) is 0 Å². The van der Waals surface area contributed by atoms with Crippen LogP contribution < -0.4 is 28.6 Å². The van der Waals surface area contributed by atoms with Gasteiger partial charge in [-0.05, 0) is 62.2 Å². The van der Waals surface area contributed by atoms with Gasteiger partial charge in [0, 0.05) is 24.7 Å². The summed E-state index contributed by atoms with van der Waals surface area (Å²) in [4.78, 5) is 28.5. The Kier molecular flexibility index (Phi) is 12.0. The van der Waals surface area contributed by atoms with Crippen molar-refractivity contribution in [2.24, 2.45) is 0 Å². The first-order valence-electron chi connectivity index (χ1n) is 14.2. The van der Waals surface area contributed by atoms with Crippen LogP contribution in [0.5, 0.6) is 23.0 Å². The molecule has 3 rings (SSSR count). The van der Waals surface area contributed by atoms with Crippen molar-refractivity contribution in [2.45, 2.75) is 50.7 Å². The summed E-state index contributed by atoms with van der Waals surface area (Å²) in [6, 6.07) is 12.9. The number of benzene rings is 3. The Morgan fingerprint density at radius 3 is 2.04 bits per heavy atom. The number of methoxy groups -OCH3 is 4. The molecule has 3 aromatic carbocycles. The molecule has 0 bridgehead atoms. The third-order valence-electron chi connectivity index (χ3n) is 7.31. The first kappa shape index (κ1) is 35.0. The lowest BCUT2D eigenvalue weighted by Gasteiger charge is -2.33. The highest BCUT2D eigenvalue weighted by atomic mass is 32.2. The third-order valence-corrected chi connectivity index (χ3v) is 9.07. The molecule has 0 aliphatic carbocycles. The highest BCUT2D eigenvalue weighted by Gasteiger charge is 2.35. The molecule has 0 heterocycles. The molecule has 13 heteroatoms. The van der Waals surface area contributed by atoms with Crippen molar-refractivity contribution in [2.75, 3.05) is 39.3 Å². The molecule has 0 aliphatic heterocycles. The second kappa shape index (κ2) is 15.5. The van der Waals surface area contributed by atoms with E-state index in [0.717, 1.165) is 4.31 Å². The second-order valence-electron chi connectivity index (χ2n) is 10.2. The van der Waals surface area contributed by atoms with Crippen molar-refractivity contribution in [1.82, 2.24) is 10.2 Å². The number of nitrogens with zero attached hydrogens (tertiary/aromatic N) is 2. The zero-order valence-electron chi connectivity index (χ0n) is 26.5. The van der Waals surface area contributed by atoms with Gasteiger partial charge >= 0.3 is 0 Å². The van der Waals surface area contributed by atoms with Gasteiger partial charge in [-0.25, -0.2) is 12.8 Å². The van der Waals surface area contributed by atoms with Crippen LogP contribution in [0, 0.1) is 5.82 Å². The van der Waals surface area contributed by atoms with Crippen molar-refractivity contribution < 1.29 is 41.3 Å². The summed E-state index contributed by atoms with van der Waals surface area (Å²) in [6.07, 6.45) is 0.664. The first-order valence-corrected chi connectivity index (χ1v) is 15.6. The van der Waals surface area contributed by atoms with Gasteiger partial charge in [0.25, 0.3) is 10.0 Å². The monoisotopic (exact) mass is 645 g/mol. The molecule has 0 spiro atoms. The number of carbonyl (C=O) groups excluding carboxylic acids is 2. The quantitative estimate of drug-likeness (QED) is 0.258. The Morgan fingerprint density at radius 2 is 1.47 bits per heavy atom. The summed E-state index contributed by atoms with van der Waals surface area (Å²) in [5, 5.41) is 2.87. The van der Waals surface area contributed by atoms with Crippen LogP contribution in [0.1, 0.15) is 32.8 Å². The fourth-order valence-electron chi connectivity index (χ4n) is 4.44. The summed E-state index contributed by atoms with van der Waals surface area (Å²) in [5.41, 5.74) is 0.569. The Bertz CT molecular complexity index is 1580. The number of amides is 2. The normalized spacial score (nSPS) is 12.4. The van der Waals surface area contributed by atoms with Gasteiger partial charge < -0.3 is 29.2 Å². The highest BCUT2D eigenvalue weighted by Crippen LogP contribution is 2.37. The lowest BCUT2D eigenvalue weighted by atomic mass is 10.1. The lowest BCUT2D eigenvalue weighted by Crippen LogP contribution is -2.52. The van der Waals surface area contributed by atoms with E-state index in [4.69, 9.17) is 18.9 Å². The predicted octanol–water partition coefficient (Wildman–Crippen LogP) is 4.39. The Morgan fingerprint density at radius 1 is 0.844 bits per heavy atom. The van der Waals surface area contributed by atoms with Gasteiger partial charge in [0.05, 0.1) is 39.0 Å². The van der Waals surface area contributed by atoms with E-state index in [2.05, 4.69) is 5.32 Å². The number of rotatable bonds is 15. The maximum atomic E-state index is 14.4. The average Bonchev–Trinajstić information content (AvgIpc) is 3.05. The Balaban J connectivity index is 2.16. The molecule has 0 aromatic heterocycles. The summed E-state index contributed by atoms with van der Waals surface area (Å²) in [5.74, 6) is -0.638. The minimum atomic E-state index is -4.48. The fourth-order valence-corrected chi connectivity index (χ4v) is 5.88. The molecule has 1 N–H and O–H groups in total. The SMILES string of the molecule is CC[C@H](C)NC(=O)[C@@H](C)N(Cc1ccc(F)cc1)C(=O)CN(c1cc(OC)ccc1OC)S(=O)(=O)c1ccc(OC)c(OC)c1. The van der Waals surface area contributed by atoms with Gasteiger partial charge in [-0.15, -0.1) is 0 Å². The molecule has 0 aliphatic rings. The van der Waals surface area contributed by atoms with Crippen LogP contribution in [0.2, 0.25) is 0 Å². The van der Waals surface area contributed by atoms with E-state index in [1.807, 2.05) is 13.8 Å². The average molecular weight is 646 g/mol. The number of anilines is 1. The molecule has 0 saturated carbocycles.